The van der Waals surface area contributed by atoms with E-state index < -0.39 is 0 Å². The molecule has 1 amide bonds. The summed E-state index contributed by atoms with van der Waals surface area (Å²) in [4.78, 5) is 26.7. The highest BCUT2D eigenvalue weighted by atomic mass is 16.6. The monoisotopic (exact) mass is 405 g/mol. The van der Waals surface area contributed by atoms with E-state index in [-0.39, 0.29) is 39.8 Å². The van der Waals surface area contributed by atoms with Crippen molar-refractivity contribution in [2.75, 3.05) is 19.6 Å². The maximum atomic E-state index is 13.3. The minimum absolute atomic E-state index is 0.0489. The molecule has 0 spiro atoms. The number of nitrogens with one attached hydrogen (secondary N) is 1. The van der Waals surface area contributed by atoms with E-state index in [1.165, 1.54) is 18.4 Å². The Morgan fingerprint density at radius 1 is 0.933 bits per heavy atom. The lowest BCUT2D eigenvalue weighted by atomic mass is 9.61. The van der Waals surface area contributed by atoms with Crippen molar-refractivity contribution in [3.63, 3.8) is 0 Å². The molecule has 2 aromatic carbocycles. The van der Waals surface area contributed by atoms with Crippen LogP contribution in [0.15, 0.2) is 54.6 Å². The van der Waals surface area contributed by atoms with E-state index in [9.17, 15) is 14.9 Å². The van der Waals surface area contributed by atoms with Gasteiger partial charge in [0.15, 0.2) is 0 Å². The molecule has 0 radical (unpaired) electrons. The lowest BCUT2D eigenvalue weighted by Gasteiger charge is -2.49. The second-order valence-electron chi connectivity index (χ2n) is 9.04. The van der Waals surface area contributed by atoms with Crippen LogP contribution < -0.4 is 5.32 Å². The smallest absolute Gasteiger partial charge is 0.269 e. The van der Waals surface area contributed by atoms with E-state index in [2.05, 4.69) is 34.5 Å². The summed E-state index contributed by atoms with van der Waals surface area (Å²) in [6.45, 7) is 2.85. The SMILES string of the molecule is O=C1NCC2(N3CCCC3)CC(c3ccccc3)C1C(c1ccc([N+](=O)[O-])cc1)C2. The van der Waals surface area contributed by atoms with Crippen molar-refractivity contribution in [1.29, 1.82) is 0 Å². The van der Waals surface area contributed by atoms with Gasteiger partial charge < -0.3 is 5.32 Å². The van der Waals surface area contributed by atoms with Crippen molar-refractivity contribution < 1.29 is 9.72 Å². The molecule has 6 rings (SSSR count). The molecule has 1 saturated carbocycles. The number of nitro benzene ring substituents is 1. The molecule has 6 nitrogen and oxygen atoms in total. The normalized spacial score (nSPS) is 31.3. The van der Waals surface area contributed by atoms with Gasteiger partial charge in [0.1, 0.15) is 0 Å². The Hall–Kier alpha value is -2.73. The van der Waals surface area contributed by atoms with Crippen LogP contribution in [0, 0.1) is 16.0 Å². The Kier molecular flexibility index (Phi) is 4.82. The number of non-ortho nitro benzene ring substituents is 1. The van der Waals surface area contributed by atoms with Gasteiger partial charge in [-0.25, -0.2) is 0 Å². The van der Waals surface area contributed by atoms with Gasteiger partial charge in [-0.2, -0.15) is 0 Å². The Morgan fingerprint density at radius 3 is 2.13 bits per heavy atom. The van der Waals surface area contributed by atoms with E-state index in [0.717, 1.165) is 31.5 Å². The summed E-state index contributed by atoms with van der Waals surface area (Å²) in [7, 11) is 0. The van der Waals surface area contributed by atoms with Crippen LogP contribution in [0.25, 0.3) is 0 Å². The van der Waals surface area contributed by atoms with Crippen LogP contribution in [0.3, 0.4) is 0 Å². The molecule has 2 bridgehead atoms. The van der Waals surface area contributed by atoms with Crippen LogP contribution >= 0.6 is 0 Å². The molecule has 3 aliphatic heterocycles. The van der Waals surface area contributed by atoms with E-state index in [1.54, 1.807) is 12.1 Å². The maximum Gasteiger partial charge on any atom is 0.269 e. The van der Waals surface area contributed by atoms with Gasteiger partial charge in [-0.15, -0.1) is 0 Å². The Morgan fingerprint density at radius 2 is 1.53 bits per heavy atom. The summed E-state index contributed by atoms with van der Waals surface area (Å²) >= 11 is 0. The number of amides is 1. The average Bonchev–Trinajstić information content (AvgIpc) is 3.24. The highest BCUT2D eigenvalue weighted by molar-refractivity contribution is 5.82. The summed E-state index contributed by atoms with van der Waals surface area (Å²) < 4.78 is 0. The van der Waals surface area contributed by atoms with Crippen molar-refractivity contribution in [3.05, 3.63) is 75.8 Å². The zero-order valence-corrected chi connectivity index (χ0v) is 17.0. The van der Waals surface area contributed by atoms with Gasteiger partial charge in [-0.1, -0.05) is 42.5 Å². The molecule has 3 heterocycles. The van der Waals surface area contributed by atoms with Crippen LogP contribution in [-0.4, -0.2) is 40.9 Å². The number of carbonyl (C=O) groups excluding carboxylic acids is 1. The Balaban J connectivity index is 1.60. The molecule has 4 aliphatic rings. The molecule has 156 valence electrons. The van der Waals surface area contributed by atoms with E-state index >= 15 is 0 Å². The number of hydrogen-bond donors (Lipinski definition) is 1. The minimum Gasteiger partial charge on any atom is -0.354 e. The van der Waals surface area contributed by atoms with Crippen molar-refractivity contribution in [1.82, 2.24) is 10.2 Å². The van der Waals surface area contributed by atoms with Gasteiger partial charge >= 0.3 is 0 Å². The van der Waals surface area contributed by atoms with Gasteiger partial charge in [0.25, 0.3) is 5.69 Å². The molecule has 4 fully saturated rings. The number of nitrogens with zero attached hydrogens (tertiary/aromatic N) is 2. The standard InChI is InChI=1S/C24H27N3O3/c28-23-22-20(17-6-2-1-3-7-17)14-24(16-25-23,26-12-4-5-13-26)15-21(22)18-8-10-19(11-9-18)27(29)30/h1-3,6-11,20-22H,4-5,12-16H2,(H,25,28). The second-order valence-corrected chi connectivity index (χ2v) is 9.04. The zero-order chi connectivity index (χ0) is 20.7. The second kappa shape index (κ2) is 7.51. The van der Waals surface area contributed by atoms with Gasteiger partial charge in [0.05, 0.1) is 10.8 Å². The van der Waals surface area contributed by atoms with E-state index in [4.69, 9.17) is 0 Å². The number of benzene rings is 2. The highest BCUT2D eigenvalue weighted by Crippen LogP contribution is 2.54. The maximum absolute atomic E-state index is 13.3. The number of fused-ring (bicyclic) bond motifs is 4. The first-order valence-electron chi connectivity index (χ1n) is 10.9. The molecule has 4 atom stereocenters. The molecule has 4 unspecified atom stereocenters. The number of likely N-dealkylation sites (tertiary alicyclic amines) is 1. The summed E-state index contributed by atoms with van der Waals surface area (Å²) in [5, 5.41) is 14.4. The highest BCUT2D eigenvalue weighted by Gasteiger charge is 2.55. The summed E-state index contributed by atoms with van der Waals surface area (Å²) in [5.74, 6) is 0.147. The number of nitro groups is 1. The fourth-order valence-electron chi connectivity index (χ4n) is 6.07. The molecule has 1 aliphatic carbocycles. The van der Waals surface area contributed by atoms with Crippen molar-refractivity contribution >= 4 is 11.6 Å². The number of hydrogen-bond acceptors (Lipinski definition) is 4. The number of carbonyl (C=O) groups is 1. The lowest BCUT2D eigenvalue weighted by Crippen LogP contribution is -2.55. The van der Waals surface area contributed by atoms with Crippen LogP contribution in [0.1, 0.15) is 48.6 Å². The average molecular weight is 405 g/mol. The van der Waals surface area contributed by atoms with E-state index in [1.807, 2.05) is 18.2 Å². The zero-order valence-electron chi connectivity index (χ0n) is 17.0. The topological polar surface area (TPSA) is 75.5 Å². The first kappa shape index (κ1) is 19.2. The third-order valence-corrected chi connectivity index (χ3v) is 7.50. The molecular formula is C24H27N3O3. The van der Waals surface area contributed by atoms with Gasteiger partial charge in [0, 0.05) is 24.2 Å². The molecule has 2 aromatic rings. The van der Waals surface area contributed by atoms with Crippen molar-refractivity contribution in [2.24, 2.45) is 5.92 Å². The van der Waals surface area contributed by atoms with Gasteiger partial charge in [0.2, 0.25) is 5.91 Å². The molecular weight excluding hydrogens is 378 g/mol. The summed E-state index contributed by atoms with van der Waals surface area (Å²) in [6.07, 6.45) is 4.30. The lowest BCUT2D eigenvalue weighted by molar-refractivity contribution is -0.384. The van der Waals surface area contributed by atoms with Crippen molar-refractivity contribution in [3.8, 4) is 0 Å². The first-order chi connectivity index (χ1) is 14.6. The molecule has 0 aromatic heterocycles. The predicted octanol–water partition coefficient (Wildman–Crippen LogP) is 3.84. The third kappa shape index (κ3) is 3.19. The quantitative estimate of drug-likeness (QED) is 0.620. The van der Waals surface area contributed by atoms with Crippen LogP contribution in [0.4, 0.5) is 5.69 Å². The summed E-state index contributed by atoms with van der Waals surface area (Å²) in [5.41, 5.74) is 2.28. The molecule has 30 heavy (non-hydrogen) atoms. The summed E-state index contributed by atoms with van der Waals surface area (Å²) in [6, 6.07) is 17.3. The fourth-order valence-corrected chi connectivity index (χ4v) is 6.07. The third-order valence-electron chi connectivity index (χ3n) is 7.50. The molecule has 6 heteroatoms. The fraction of sp³-hybridized carbons (Fsp3) is 0.458. The first-order valence-corrected chi connectivity index (χ1v) is 10.9. The Labute approximate surface area is 176 Å². The number of rotatable bonds is 4. The van der Waals surface area contributed by atoms with Gasteiger partial charge in [-0.3, -0.25) is 19.8 Å². The molecule has 1 N–H and O–H groups in total. The van der Waals surface area contributed by atoms with E-state index in [0.29, 0.717) is 6.54 Å². The van der Waals surface area contributed by atoms with Crippen LogP contribution in [0.5, 0.6) is 0 Å². The minimum atomic E-state index is -0.367. The van der Waals surface area contributed by atoms with Crippen LogP contribution in [0.2, 0.25) is 0 Å². The predicted molar refractivity (Wildman–Crippen MR) is 114 cm³/mol. The van der Waals surface area contributed by atoms with Crippen LogP contribution in [-0.2, 0) is 4.79 Å². The van der Waals surface area contributed by atoms with Crippen molar-refractivity contribution in [2.45, 2.75) is 43.1 Å². The van der Waals surface area contributed by atoms with Gasteiger partial charge in [-0.05, 0) is 61.7 Å². The largest absolute Gasteiger partial charge is 0.354 e. The molecule has 3 saturated heterocycles. The Bertz CT molecular complexity index is 940.